The highest BCUT2D eigenvalue weighted by Crippen LogP contribution is 2.23. The number of carbonyl (C=O) groups is 1. The second-order valence-electron chi connectivity index (χ2n) is 24.0. The van der Waals surface area contributed by atoms with E-state index in [1.54, 1.807) is 6.08 Å². The first-order valence-corrected chi connectivity index (χ1v) is 34.2. The van der Waals surface area contributed by atoms with Gasteiger partial charge in [-0.2, -0.15) is 0 Å². The average Bonchev–Trinajstić information content (AvgIpc) is 3.45. The molecule has 0 aromatic rings. The normalized spacial score (nSPS) is 18.8. The van der Waals surface area contributed by atoms with Crippen LogP contribution in [0.5, 0.6) is 0 Å². The molecule has 1 amide bonds. The second kappa shape index (κ2) is 58.6. The highest BCUT2D eigenvalue weighted by Gasteiger charge is 2.44. The fraction of sp³-hybridized carbons (Fsp3) is 0.899. The fourth-order valence-corrected chi connectivity index (χ4v) is 11.1. The van der Waals surface area contributed by atoms with Gasteiger partial charge in [0.1, 0.15) is 24.4 Å². The molecule has 1 aliphatic rings. The summed E-state index contributed by atoms with van der Waals surface area (Å²) >= 11 is 0. The monoisotopic (exact) mass is 1100 g/mol. The molecule has 1 fully saturated rings. The summed E-state index contributed by atoms with van der Waals surface area (Å²) < 4.78 is 11.3. The Morgan fingerprint density at radius 3 is 1.08 bits per heavy atom. The molecule has 0 spiro atoms. The Labute approximate surface area is 482 Å². The molecule has 0 aromatic heterocycles. The molecule has 0 bridgehead atoms. The standard InChI is InChI=1S/C69H131NO8/c1-3-5-7-9-11-13-15-17-19-21-23-24-25-26-27-28-29-30-31-32-33-34-35-36-37-38-39-40-41-43-45-47-49-51-53-55-57-59-65(73)70-62(61-77-69-68(76)67(75)66(74)64(60-71)78-69)63(72)58-56-54-52-50-48-46-44-42-22-20-18-16-14-12-10-8-6-4-2/h22,42,48,50,56,58,62-64,66-69,71-72,74-76H,3-21,23-41,43-47,49,51-55,57,59-61H2,1-2H3,(H,70,73)/b42-22+,50-48+,58-56+. The van der Waals surface area contributed by atoms with Crippen LogP contribution in [0, 0.1) is 0 Å². The van der Waals surface area contributed by atoms with Gasteiger partial charge in [0.05, 0.1) is 25.4 Å². The molecule has 1 heterocycles. The number of hydrogen-bond acceptors (Lipinski definition) is 8. The lowest BCUT2D eigenvalue weighted by Crippen LogP contribution is -2.60. The second-order valence-corrected chi connectivity index (χ2v) is 24.0. The van der Waals surface area contributed by atoms with Gasteiger partial charge in [-0.1, -0.05) is 326 Å². The van der Waals surface area contributed by atoms with Gasteiger partial charge in [-0.3, -0.25) is 4.79 Å². The van der Waals surface area contributed by atoms with E-state index in [0.717, 1.165) is 44.9 Å². The highest BCUT2D eigenvalue weighted by molar-refractivity contribution is 5.76. The largest absolute Gasteiger partial charge is 0.394 e. The van der Waals surface area contributed by atoms with Crippen LogP contribution < -0.4 is 5.32 Å². The minimum absolute atomic E-state index is 0.184. The fourth-order valence-electron chi connectivity index (χ4n) is 11.1. The smallest absolute Gasteiger partial charge is 0.220 e. The Kier molecular flexibility index (Phi) is 55.9. The molecule has 0 aliphatic carbocycles. The zero-order valence-corrected chi connectivity index (χ0v) is 51.4. The number of nitrogens with one attached hydrogen (secondary N) is 1. The van der Waals surface area contributed by atoms with Crippen molar-refractivity contribution in [3.63, 3.8) is 0 Å². The first kappa shape index (κ1) is 74.4. The molecule has 460 valence electrons. The third-order valence-corrected chi connectivity index (χ3v) is 16.4. The average molecular weight is 1100 g/mol. The van der Waals surface area contributed by atoms with Crippen LogP contribution in [-0.2, 0) is 14.3 Å². The van der Waals surface area contributed by atoms with Crippen LogP contribution in [0.2, 0.25) is 0 Å². The molecular formula is C69H131NO8. The Morgan fingerprint density at radius 2 is 0.731 bits per heavy atom. The maximum atomic E-state index is 13.1. The van der Waals surface area contributed by atoms with E-state index in [2.05, 4.69) is 43.5 Å². The third-order valence-electron chi connectivity index (χ3n) is 16.4. The summed E-state index contributed by atoms with van der Waals surface area (Å²) in [6, 6.07) is -0.827. The van der Waals surface area contributed by atoms with E-state index in [9.17, 15) is 30.3 Å². The molecule has 7 atom stereocenters. The van der Waals surface area contributed by atoms with Crippen molar-refractivity contribution in [1.29, 1.82) is 0 Å². The van der Waals surface area contributed by atoms with Crippen LogP contribution in [0.1, 0.15) is 341 Å². The summed E-state index contributed by atoms with van der Waals surface area (Å²) in [6.07, 6.45) is 71.3. The van der Waals surface area contributed by atoms with Crippen molar-refractivity contribution in [2.24, 2.45) is 0 Å². The van der Waals surface area contributed by atoms with Crippen LogP contribution in [-0.4, -0.2) is 87.5 Å². The summed E-state index contributed by atoms with van der Waals surface area (Å²) in [5.41, 5.74) is 0. The van der Waals surface area contributed by atoms with Crippen molar-refractivity contribution >= 4 is 5.91 Å². The third kappa shape index (κ3) is 47.0. The lowest BCUT2D eigenvalue weighted by Gasteiger charge is -2.40. The number of ether oxygens (including phenoxy) is 2. The molecule has 9 nitrogen and oxygen atoms in total. The van der Waals surface area contributed by atoms with Crippen molar-refractivity contribution in [3.8, 4) is 0 Å². The van der Waals surface area contributed by atoms with Gasteiger partial charge < -0.3 is 40.3 Å². The number of amides is 1. The van der Waals surface area contributed by atoms with Gasteiger partial charge in [0, 0.05) is 6.42 Å². The van der Waals surface area contributed by atoms with Gasteiger partial charge in [0.25, 0.3) is 0 Å². The topological polar surface area (TPSA) is 149 Å². The van der Waals surface area contributed by atoms with Crippen LogP contribution in [0.4, 0.5) is 0 Å². The predicted octanol–water partition coefficient (Wildman–Crippen LogP) is 18.3. The maximum Gasteiger partial charge on any atom is 0.220 e. The Bertz CT molecular complexity index is 1320. The summed E-state index contributed by atoms with van der Waals surface area (Å²) in [7, 11) is 0. The predicted molar refractivity (Wildman–Crippen MR) is 332 cm³/mol. The molecule has 7 unspecified atom stereocenters. The highest BCUT2D eigenvalue weighted by atomic mass is 16.7. The Hall–Kier alpha value is -1.59. The number of hydrogen-bond donors (Lipinski definition) is 6. The van der Waals surface area contributed by atoms with Gasteiger partial charge in [0.2, 0.25) is 5.91 Å². The first-order chi connectivity index (χ1) is 38.3. The van der Waals surface area contributed by atoms with Crippen molar-refractivity contribution in [2.45, 2.75) is 384 Å². The Balaban J connectivity index is 2.07. The molecule has 1 saturated heterocycles. The number of allylic oxidation sites excluding steroid dienone is 5. The van der Waals surface area contributed by atoms with Gasteiger partial charge in [-0.15, -0.1) is 0 Å². The number of aliphatic hydroxyl groups is 5. The summed E-state index contributed by atoms with van der Waals surface area (Å²) in [6.45, 7) is 3.79. The van der Waals surface area contributed by atoms with Crippen molar-refractivity contribution in [3.05, 3.63) is 36.5 Å². The quantitative estimate of drug-likeness (QED) is 0.0261. The van der Waals surface area contributed by atoms with Gasteiger partial charge in [-0.25, -0.2) is 0 Å². The van der Waals surface area contributed by atoms with Gasteiger partial charge >= 0.3 is 0 Å². The molecular weight excluding hydrogens is 971 g/mol. The molecule has 9 heteroatoms. The van der Waals surface area contributed by atoms with E-state index in [4.69, 9.17) is 9.47 Å². The molecule has 1 rings (SSSR count). The van der Waals surface area contributed by atoms with E-state index < -0.39 is 49.5 Å². The molecule has 0 saturated carbocycles. The lowest BCUT2D eigenvalue weighted by atomic mass is 9.99. The zero-order chi connectivity index (χ0) is 56.5. The van der Waals surface area contributed by atoms with E-state index >= 15 is 0 Å². The number of carbonyl (C=O) groups excluding carboxylic acids is 1. The number of rotatable bonds is 60. The van der Waals surface area contributed by atoms with E-state index in [1.165, 1.54) is 276 Å². The number of unbranched alkanes of at least 4 members (excludes halogenated alkanes) is 46. The minimum atomic E-state index is -1.57. The van der Waals surface area contributed by atoms with Gasteiger partial charge in [0.15, 0.2) is 6.29 Å². The van der Waals surface area contributed by atoms with Crippen molar-refractivity contribution in [2.75, 3.05) is 13.2 Å². The SMILES string of the molecule is CCCCCCCCCC/C=C/CC/C=C/CC/C=C/C(O)C(COC1OC(CO)C(O)C(O)C1O)NC(=O)CCCCCCCCCCCCCCCCCCCCCCCCCCCCCCCCCCCCCCC. The lowest BCUT2D eigenvalue weighted by molar-refractivity contribution is -0.302. The summed E-state index contributed by atoms with van der Waals surface area (Å²) in [5.74, 6) is -0.184. The van der Waals surface area contributed by atoms with E-state index in [-0.39, 0.29) is 12.5 Å². The first-order valence-electron chi connectivity index (χ1n) is 34.2. The van der Waals surface area contributed by atoms with Crippen molar-refractivity contribution < 1.29 is 39.8 Å². The van der Waals surface area contributed by atoms with E-state index in [0.29, 0.717) is 6.42 Å². The van der Waals surface area contributed by atoms with E-state index in [1.807, 2.05) is 6.08 Å². The summed E-state index contributed by atoms with van der Waals surface area (Å²) in [5, 5.41) is 54.6. The molecule has 0 aromatic carbocycles. The number of aliphatic hydroxyl groups excluding tert-OH is 5. The minimum Gasteiger partial charge on any atom is -0.394 e. The molecule has 0 radical (unpaired) electrons. The van der Waals surface area contributed by atoms with Crippen molar-refractivity contribution in [1.82, 2.24) is 5.32 Å². The zero-order valence-electron chi connectivity index (χ0n) is 51.4. The molecule has 6 N–H and O–H groups in total. The maximum absolute atomic E-state index is 13.1. The van der Waals surface area contributed by atoms with Gasteiger partial charge in [-0.05, 0) is 44.9 Å². The van der Waals surface area contributed by atoms with Crippen LogP contribution >= 0.6 is 0 Å². The summed E-state index contributed by atoms with van der Waals surface area (Å²) in [4.78, 5) is 13.1. The molecule has 1 aliphatic heterocycles. The molecule has 78 heavy (non-hydrogen) atoms. The van der Waals surface area contributed by atoms with Crippen LogP contribution in [0.3, 0.4) is 0 Å². The van der Waals surface area contributed by atoms with Crippen LogP contribution in [0.25, 0.3) is 0 Å². The van der Waals surface area contributed by atoms with Crippen LogP contribution in [0.15, 0.2) is 36.5 Å². The Morgan fingerprint density at radius 1 is 0.423 bits per heavy atom.